The highest BCUT2D eigenvalue weighted by molar-refractivity contribution is 9.10. The molecule has 1 aromatic rings. The lowest BCUT2D eigenvalue weighted by atomic mass is 9.86. The number of rotatable bonds is 5. The largest absolute Gasteiger partial charge is 0.126 e. The molecular formula is C13H19BrCl2Si. The average molecular weight is 354 g/mol. The molecule has 0 nitrogen and oxygen atoms in total. The molecule has 0 aliphatic carbocycles. The van der Waals surface area contributed by atoms with Crippen molar-refractivity contribution in [3.63, 3.8) is 0 Å². The summed E-state index contributed by atoms with van der Waals surface area (Å²) in [5, 5.41) is 0. The summed E-state index contributed by atoms with van der Waals surface area (Å²) in [6.07, 6.45) is 0. The van der Waals surface area contributed by atoms with Crippen molar-refractivity contribution in [1.29, 1.82) is 0 Å². The predicted octanol–water partition coefficient (Wildman–Crippen LogP) is 5.50. The topological polar surface area (TPSA) is 0 Å². The highest BCUT2D eigenvalue weighted by atomic mass is 79.9. The summed E-state index contributed by atoms with van der Waals surface area (Å²) < 4.78 is 1.09. The van der Waals surface area contributed by atoms with E-state index in [-0.39, 0.29) is 5.41 Å². The summed E-state index contributed by atoms with van der Waals surface area (Å²) in [6.45, 7) is 7.08. The lowest BCUT2D eigenvalue weighted by Gasteiger charge is -2.35. The molecule has 0 saturated carbocycles. The van der Waals surface area contributed by atoms with E-state index in [9.17, 15) is 0 Å². The van der Waals surface area contributed by atoms with Crippen molar-refractivity contribution < 1.29 is 0 Å². The zero-order valence-electron chi connectivity index (χ0n) is 10.6. The fourth-order valence-electron chi connectivity index (χ4n) is 2.21. The molecule has 0 aromatic heterocycles. The molecule has 4 heteroatoms. The first-order valence-electron chi connectivity index (χ1n) is 5.71. The summed E-state index contributed by atoms with van der Waals surface area (Å²) in [5.74, 6) is 1.17. The van der Waals surface area contributed by atoms with Crippen LogP contribution in [0.1, 0.15) is 5.56 Å². The summed E-state index contributed by atoms with van der Waals surface area (Å²) in [6, 6.07) is 9.51. The monoisotopic (exact) mass is 352 g/mol. The molecular weight excluding hydrogens is 335 g/mol. The second kappa shape index (κ2) is 6.09. The van der Waals surface area contributed by atoms with Gasteiger partial charge in [-0.05, 0) is 23.7 Å². The Hall–Kier alpha value is 0.497. The summed E-state index contributed by atoms with van der Waals surface area (Å²) in [7, 11) is -1.21. The summed E-state index contributed by atoms with van der Waals surface area (Å²) in [5.41, 5.74) is 1.18. The Morgan fingerprint density at radius 1 is 1.06 bits per heavy atom. The van der Waals surface area contributed by atoms with Gasteiger partial charge < -0.3 is 0 Å². The van der Waals surface area contributed by atoms with Crippen LogP contribution in [0.25, 0.3) is 0 Å². The van der Waals surface area contributed by atoms with Gasteiger partial charge in [0, 0.05) is 29.7 Å². The minimum atomic E-state index is -1.21. The maximum Gasteiger partial charge on any atom is 0.0452 e. The van der Waals surface area contributed by atoms with Crippen LogP contribution in [0.3, 0.4) is 0 Å². The molecule has 0 radical (unpaired) electrons. The zero-order chi connectivity index (χ0) is 13.1. The molecule has 17 heavy (non-hydrogen) atoms. The minimum Gasteiger partial charge on any atom is -0.126 e. The number of benzene rings is 1. The van der Waals surface area contributed by atoms with Crippen LogP contribution in [0, 0.1) is 0 Å². The SMILES string of the molecule is C[Si](C)(C)CC(CCl)(CCl)c1ccc(Br)cc1. The molecule has 0 saturated heterocycles. The van der Waals surface area contributed by atoms with Gasteiger partial charge in [0.1, 0.15) is 0 Å². The van der Waals surface area contributed by atoms with Gasteiger partial charge in [0.2, 0.25) is 0 Å². The van der Waals surface area contributed by atoms with Crippen LogP contribution >= 0.6 is 39.1 Å². The number of hydrogen-bond acceptors (Lipinski definition) is 0. The first kappa shape index (κ1) is 15.6. The van der Waals surface area contributed by atoms with Crippen molar-refractivity contribution in [2.45, 2.75) is 31.1 Å². The van der Waals surface area contributed by atoms with Gasteiger partial charge in [0.25, 0.3) is 0 Å². The lowest BCUT2D eigenvalue weighted by molar-refractivity contribution is 0.595. The first-order valence-corrected chi connectivity index (χ1v) is 11.3. The molecule has 0 aliphatic rings. The van der Waals surface area contributed by atoms with Crippen LogP contribution in [-0.2, 0) is 5.41 Å². The Morgan fingerprint density at radius 3 is 1.88 bits per heavy atom. The van der Waals surface area contributed by atoms with E-state index < -0.39 is 8.07 Å². The van der Waals surface area contributed by atoms with Crippen molar-refractivity contribution in [1.82, 2.24) is 0 Å². The highest BCUT2D eigenvalue weighted by Crippen LogP contribution is 2.36. The van der Waals surface area contributed by atoms with E-state index in [0.717, 1.165) is 10.5 Å². The summed E-state index contributed by atoms with van der Waals surface area (Å²) >= 11 is 15.9. The van der Waals surface area contributed by atoms with Crippen LogP contribution in [0.15, 0.2) is 28.7 Å². The molecule has 0 N–H and O–H groups in total. The van der Waals surface area contributed by atoms with Crippen LogP contribution in [-0.4, -0.2) is 19.8 Å². The Balaban J connectivity index is 3.10. The molecule has 0 atom stereocenters. The zero-order valence-corrected chi connectivity index (χ0v) is 14.7. The normalized spacial score (nSPS) is 12.8. The molecule has 0 heterocycles. The van der Waals surface area contributed by atoms with Crippen molar-refractivity contribution in [2.24, 2.45) is 0 Å². The molecule has 1 aromatic carbocycles. The van der Waals surface area contributed by atoms with Crippen LogP contribution in [0.2, 0.25) is 25.7 Å². The van der Waals surface area contributed by atoms with Crippen molar-refractivity contribution in [3.8, 4) is 0 Å². The third-order valence-electron chi connectivity index (χ3n) is 2.84. The first-order chi connectivity index (χ1) is 7.83. The Labute approximate surface area is 124 Å². The van der Waals surface area contributed by atoms with E-state index in [1.165, 1.54) is 5.56 Å². The standard InChI is InChI=1S/C13H19BrCl2Si/c1-17(2,3)10-13(8-15,9-16)11-4-6-12(14)7-5-11/h4-7H,8-10H2,1-3H3. The number of halogens is 3. The second-order valence-electron chi connectivity index (χ2n) is 5.79. The van der Waals surface area contributed by atoms with E-state index in [1.807, 2.05) is 0 Å². The van der Waals surface area contributed by atoms with E-state index in [2.05, 4.69) is 59.8 Å². The Morgan fingerprint density at radius 2 is 1.53 bits per heavy atom. The third kappa shape index (κ3) is 4.27. The highest BCUT2D eigenvalue weighted by Gasteiger charge is 2.35. The quantitative estimate of drug-likeness (QED) is 0.484. The van der Waals surface area contributed by atoms with Crippen LogP contribution < -0.4 is 0 Å². The van der Waals surface area contributed by atoms with Crippen molar-refractivity contribution in [3.05, 3.63) is 34.3 Å². The molecule has 1 rings (SSSR count). The average Bonchev–Trinajstić information content (AvgIpc) is 2.26. The minimum absolute atomic E-state index is 0.0751. The molecule has 0 fully saturated rings. The lowest BCUT2D eigenvalue weighted by Crippen LogP contribution is -2.39. The van der Waals surface area contributed by atoms with Crippen molar-refractivity contribution in [2.75, 3.05) is 11.8 Å². The van der Waals surface area contributed by atoms with Gasteiger partial charge in [-0.15, -0.1) is 23.2 Å². The maximum absolute atomic E-state index is 6.23. The van der Waals surface area contributed by atoms with E-state index in [0.29, 0.717) is 11.8 Å². The van der Waals surface area contributed by atoms with E-state index in [1.54, 1.807) is 0 Å². The van der Waals surface area contributed by atoms with Gasteiger partial charge in [0.15, 0.2) is 0 Å². The molecule has 0 aliphatic heterocycles. The fourth-order valence-corrected chi connectivity index (χ4v) is 6.05. The molecule has 0 amide bonds. The molecule has 0 unspecified atom stereocenters. The van der Waals surface area contributed by atoms with Gasteiger partial charge in [-0.2, -0.15) is 0 Å². The molecule has 0 bridgehead atoms. The second-order valence-corrected chi connectivity index (χ2v) is 12.7. The van der Waals surface area contributed by atoms with Gasteiger partial charge in [-0.25, -0.2) is 0 Å². The van der Waals surface area contributed by atoms with Gasteiger partial charge in [0.05, 0.1) is 0 Å². The molecule has 0 spiro atoms. The number of alkyl halides is 2. The predicted molar refractivity (Wildman–Crippen MR) is 85.4 cm³/mol. The summed E-state index contributed by atoms with van der Waals surface area (Å²) in [4.78, 5) is 0. The van der Waals surface area contributed by atoms with Crippen LogP contribution in [0.4, 0.5) is 0 Å². The van der Waals surface area contributed by atoms with Crippen molar-refractivity contribution >= 4 is 47.2 Å². The third-order valence-corrected chi connectivity index (χ3v) is 6.13. The van der Waals surface area contributed by atoms with Gasteiger partial charge >= 0.3 is 0 Å². The Kier molecular flexibility index (Phi) is 5.58. The fraction of sp³-hybridized carbons (Fsp3) is 0.538. The van der Waals surface area contributed by atoms with Crippen LogP contribution in [0.5, 0.6) is 0 Å². The van der Waals surface area contributed by atoms with Gasteiger partial charge in [-0.3, -0.25) is 0 Å². The van der Waals surface area contributed by atoms with Gasteiger partial charge in [-0.1, -0.05) is 47.7 Å². The smallest absolute Gasteiger partial charge is 0.0452 e. The van der Waals surface area contributed by atoms with E-state index in [4.69, 9.17) is 23.2 Å². The maximum atomic E-state index is 6.23. The Bertz CT molecular complexity index is 353. The van der Waals surface area contributed by atoms with E-state index >= 15 is 0 Å². The molecule has 96 valence electrons. The number of hydrogen-bond donors (Lipinski definition) is 0.